The number of amides is 1. The number of ether oxygens (including phenoxy) is 1. The van der Waals surface area contributed by atoms with Gasteiger partial charge in [-0.05, 0) is 33.1 Å². The van der Waals surface area contributed by atoms with Crippen LogP contribution in [0.3, 0.4) is 0 Å². The van der Waals surface area contributed by atoms with Gasteiger partial charge < -0.3 is 10.1 Å². The van der Waals surface area contributed by atoms with E-state index >= 15 is 0 Å². The van der Waals surface area contributed by atoms with Gasteiger partial charge in [0.15, 0.2) is 0 Å². The van der Waals surface area contributed by atoms with Crippen molar-refractivity contribution in [2.75, 3.05) is 26.2 Å². The average Bonchev–Trinajstić information content (AvgIpc) is 2.44. The molecule has 23 heavy (non-hydrogen) atoms. The van der Waals surface area contributed by atoms with E-state index in [1.807, 2.05) is 20.8 Å². The number of nitrogens with one attached hydrogen (secondary N) is 1. The van der Waals surface area contributed by atoms with Gasteiger partial charge in [-0.2, -0.15) is 0 Å². The Kier molecular flexibility index (Phi) is 8.42. The van der Waals surface area contributed by atoms with Gasteiger partial charge in [0.2, 0.25) is 0 Å². The lowest BCUT2D eigenvalue weighted by Gasteiger charge is -2.29. The Labute approximate surface area is 141 Å². The number of carbonyl (C=O) groups excluding carboxylic acids is 1. The predicted molar refractivity (Wildman–Crippen MR) is 96.0 cm³/mol. The lowest BCUT2D eigenvalue weighted by Crippen LogP contribution is -2.47. The van der Waals surface area contributed by atoms with Gasteiger partial charge in [0.1, 0.15) is 11.4 Å². The zero-order valence-corrected chi connectivity index (χ0v) is 15.7. The number of carbonyl (C=O) groups is 1. The molecule has 0 radical (unpaired) electrons. The topological polar surface area (TPSA) is 53.9 Å². The molecule has 0 saturated carbocycles. The largest absolute Gasteiger partial charge is 0.444 e. The van der Waals surface area contributed by atoms with Gasteiger partial charge in [0, 0.05) is 13.1 Å². The van der Waals surface area contributed by atoms with E-state index in [0.29, 0.717) is 19.6 Å². The second-order valence-corrected chi connectivity index (χ2v) is 7.75. The molecule has 0 atom stereocenters. The molecule has 0 aromatic carbocycles. The zero-order valence-electron chi connectivity index (χ0n) is 15.7. The van der Waals surface area contributed by atoms with Crippen LogP contribution in [0.4, 0.5) is 4.79 Å². The molecule has 1 aliphatic heterocycles. The van der Waals surface area contributed by atoms with Crippen molar-refractivity contribution >= 4 is 11.9 Å². The number of nitrogens with zero attached hydrogens (tertiary/aromatic N) is 2. The first kappa shape index (κ1) is 19.8. The van der Waals surface area contributed by atoms with E-state index in [9.17, 15) is 4.79 Å². The summed E-state index contributed by atoms with van der Waals surface area (Å²) in [6, 6.07) is 0. The molecule has 1 aliphatic rings. The van der Waals surface area contributed by atoms with Gasteiger partial charge in [-0.3, -0.25) is 9.89 Å². The van der Waals surface area contributed by atoms with Crippen LogP contribution in [0.5, 0.6) is 0 Å². The summed E-state index contributed by atoms with van der Waals surface area (Å²) in [7, 11) is 0. The number of hydrogen-bond acceptors (Lipinski definition) is 4. The molecule has 0 bridgehead atoms. The molecule has 0 saturated heterocycles. The Bertz CT molecular complexity index is 386. The molecule has 0 aliphatic carbocycles. The highest BCUT2D eigenvalue weighted by atomic mass is 16.6. The SMILES string of the molecule is CC(C)CCCCCCNC1=NCCN(C(=O)OC(C)(C)C)C1. The highest BCUT2D eigenvalue weighted by molar-refractivity contribution is 5.87. The van der Waals surface area contributed by atoms with Crippen LogP contribution in [0.15, 0.2) is 4.99 Å². The van der Waals surface area contributed by atoms with Gasteiger partial charge in [-0.15, -0.1) is 0 Å². The van der Waals surface area contributed by atoms with Gasteiger partial charge in [0.25, 0.3) is 0 Å². The normalized spacial score (nSPS) is 15.6. The first-order valence-electron chi connectivity index (χ1n) is 9.03. The van der Waals surface area contributed by atoms with E-state index in [4.69, 9.17) is 4.74 Å². The van der Waals surface area contributed by atoms with Crippen molar-refractivity contribution in [3.05, 3.63) is 0 Å². The summed E-state index contributed by atoms with van der Waals surface area (Å²) in [5.41, 5.74) is -0.449. The Morgan fingerprint density at radius 1 is 1.26 bits per heavy atom. The molecule has 0 fully saturated rings. The lowest BCUT2D eigenvalue weighted by molar-refractivity contribution is 0.0276. The molecular weight excluding hydrogens is 290 g/mol. The average molecular weight is 325 g/mol. The van der Waals surface area contributed by atoms with Crippen molar-refractivity contribution in [3.8, 4) is 0 Å². The predicted octanol–water partition coefficient (Wildman–Crippen LogP) is 3.83. The number of rotatable bonds is 7. The maximum Gasteiger partial charge on any atom is 0.410 e. The Hall–Kier alpha value is -1.26. The minimum atomic E-state index is -0.449. The number of amidine groups is 1. The Morgan fingerprint density at radius 2 is 1.96 bits per heavy atom. The summed E-state index contributed by atoms with van der Waals surface area (Å²) in [5, 5.41) is 3.37. The first-order chi connectivity index (χ1) is 10.8. The summed E-state index contributed by atoms with van der Waals surface area (Å²) in [5.74, 6) is 1.72. The summed E-state index contributed by atoms with van der Waals surface area (Å²) in [4.78, 5) is 18.3. The molecule has 1 N–H and O–H groups in total. The van der Waals surface area contributed by atoms with E-state index in [2.05, 4.69) is 24.2 Å². The molecule has 134 valence electrons. The summed E-state index contributed by atoms with van der Waals surface area (Å²) in [6.45, 7) is 13.0. The van der Waals surface area contributed by atoms with Crippen molar-refractivity contribution in [2.24, 2.45) is 10.9 Å². The highest BCUT2D eigenvalue weighted by Crippen LogP contribution is 2.11. The van der Waals surface area contributed by atoms with Crippen molar-refractivity contribution in [1.29, 1.82) is 0 Å². The monoisotopic (exact) mass is 325 g/mol. The van der Waals surface area contributed by atoms with E-state index in [1.165, 1.54) is 25.7 Å². The van der Waals surface area contributed by atoms with Crippen molar-refractivity contribution < 1.29 is 9.53 Å². The van der Waals surface area contributed by atoms with Crippen molar-refractivity contribution in [3.63, 3.8) is 0 Å². The van der Waals surface area contributed by atoms with Crippen LogP contribution in [-0.2, 0) is 4.74 Å². The maximum absolute atomic E-state index is 12.1. The third kappa shape index (κ3) is 9.47. The number of aliphatic imine (C=N–C) groups is 1. The van der Waals surface area contributed by atoms with Crippen LogP contribution in [-0.4, -0.2) is 48.6 Å². The highest BCUT2D eigenvalue weighted by Gasteiger charge is 2.24. The Morgan fingerprint density at radius 3 is 2.61 bits per heavy atom. The molecule has 5 heteroatoms. The standard InChI is InChI=1S/C18H35N3O2/c1-15(2)10-8-6-7-9-11-19-16-14-21(13-12-20-16)17(22)23-18(3,4)5/h15H,6-14H2,1-5H3,(H,19,20). The fraction of sp³-hybridized carbons (Fsp3) is 0.889. The van der Waals surface area contributed by atoms with Crippen molar-refractivity contribution in [2.45, 2.75) is 72.3 Å². The minimum Gasteiger partial charge on any atom is -0.444 e. The molecule has 5 nitrogen and oxygen atoms in total. The van der Waals surface area contributed by atoms with E-state index in [-0.39, 0.29) is 6.09 Å². The zero-order chi connectivity index (χ0) is 17.3. The van der Waals surface area contributed by atoms with Crippen LogP contribution in [0, 0.1) is 5.92 Å². The van der Waals surface area contributed by atoms with Crippen LogP contribution in [0.2, 0.25) is 0 Å². The molecular formula is C18H35N3O2. The molecule has 0 aromatic rings. The van der Waals surface area contributed by atoms with Gasteiger partial charge in [-0.1, -0.05) is 39.5 Å². The Balaban J connectivity index is 2.18. The van der Waals surface area contributed by atoms with Gasteiger partial charge >= 0.3 is 6.09 Å². The van der Waals surface area contributed by atoms with Crippen LogP contribution < -0.4 is 5.32 Å². The van der Waals surface area contributed by atoms with Crippen molar-refractivity contribution in [1.82, 2.24) is 10.2 Å². The molecule has 1 amide bonds. The van der Waals surface area contributed by atoms with E-state index in [0.717, 1.165) is 24.7 Å². The van der Waals surface area contributed by atoms with Crippen LogP contribution >= 0.6 is 0 Å². The third-order valence-corrected chi connectivity index (χ3v) is 3.70. The van der Waals surface area contributed by atoms with Gasteiger partial charge in [0.05, 0.1) is 13.1 Å². The second-order valence-electron chi connectivity index (χ2n) is 7.75. The smallest absolute Gasteiger partial charge is 0.410 e. The molecule has 0 spiro atoms. The van der Waals surface area contributed by atoms with Crippen LogP contribution in [0.25, 0.3) is 0 Å². The number of unbranched alkanes of at least 4 members (excludes halogenated alkanes) is 3. The van der Waals surface area contributed by atoms with Gasteiger partial charge in [-0.25, -0.2) is 4.79 Å². The summed E-state index contributed by atoms with van der Waals surface area (Å²) >= 11 is 0. The first-order valence-corrected chi connectivity index (χ1v) is 9.03. The lowest BCUT2D eigenvalue weighted by atomic mass is 10.0. The summed E-state index contributed by atoms with van der Waals surface area (Å²) in [6.07, 6.45) is 6.11. The minimum absolute atomic E-state index is 0.250. The van der Waals surface area contributed by atoms with E-state index < -0.39 is 5.60 Å². The fourth-order valence-electron chi connectivity index (χ4n) is 2.47. The number of hydrogen-bond donors (Lipinski definition) is 1. The molecule has 0 aromatic heterocycles. The maximum atomic E-state index is 12.1. The quantitative estimate of drug-likeness (QED) is 0.724. The van der Waals surface area contributed by atoms with E-state index in [1.54, 1.807) is 4.90 Å². The fourth-order valence-corrected chi connectivity index (χ4v) is 2.47. The molecule has 0 unspecified atom stereocenters. The second kappa shape index (κ2) is 9.78. The third-order valence-electron chi connectivity index (χ3n) is 3.70. The van der Waals surface area contributed by atoms with Crippen LogP contribution in [0.1, 0.15) is 66.7 Å². The molecule has 1 rings (SSSR count). The summed E-state index contributed by atoms with van der Waals surface area (Å²) < 4.78 is 5.42. The molecule has 1 heterocycles.